The lowest BCUT2D eigenvalue weighted by Crippen LogP contribution is -2.33. The molecule has 45 heavy (non-hydrogen) atoms. The lowest BCUT2D eigenvalue weighted by molar-refractivity contribution is -0.146. The summed E-state index contributed by atoms with van der Waals surface area (Å²) in [6.45, 7) is 10.4. The van der Waals surface area contributed by atoms with Crippen molar-refractivity contribution in [1.82, 2.24) is 4.90 Å². The third-order valence-corrected chi connectivity index (χ3v) is 8.56. The lowest BCUT2D eigenvalue weighted by Gasteiger charge is -2.27. The molecule has 0 bridgehead atoms. The van der Waals surface area contributed by atoms with E-state index >= 15 is 0 Å². The predicted molar refractivity (Wildman–Crippen MR) is 190 cm³/mol. The van der Waals surface area contributed by atoms with Crippen LogP contribution in [0.1, 0.15) is 143 Å². The number of nitrogens with zero attached hydrogens (tertiary/aromatic N) is 1. The van der Waals surface area contributed by atoms with Gasteiger partial charge in [0.1, 0.15) is 6.10 Å². The zero-order valence-corrected chi connectivity index (χ0v) is 30.6. The van der Waals surface area contributed by atoms with Crippen LogP contribution in [0.2, 0.25) is 0 Å². The van der Waals surface area contributed by atoms with Gasteiger partial charge in [0.05, 0.1) is 19.0 Å². The smallest absolute Gasteiger partial charge is 0.316 e. The number of hydrogen-bond acceptors (Lipinski definition) is 8. The van der Waals surface area contributed by atoms with Gasteiger partial charge in [-0.05, 0) is 92.2 Å². The van der Waals surface area contributed by atoms with Gasteiger partial charge in [0, 0.05) is 24.1 Å². The fraction of sp³-hybridized carbons (Fsp3) is 0.811. The van der Waals surface area contributed by atoms with Crippen LogP contribution in [0.3, 0.4) is 0 Å². The van der Waals surface area contributed by atoms with Crippen molar-refractivity contribution >= 4 is 29.7 Å². The van der Waals surface area contributed by atoms with E-state index in [1.54, 1.807) is 11.8 Å². The number of carbonyl (C=O) groups is 3. The molecule has 0 aromatic rings. The van der Waals surface area contributed by atoms with Crippen LogP contribution in [0.5, 0.6) is 0 Å². The van der Waals surface area contributed by atoms with E-state index in [1.807, 2.05) is 14.1 Å². The maximum atomic E-state index is 12.8. The Morgan fingerprint density at radius 1 is 0.667 bits per heavy atom. The molecule has 0 aliphatic carbocycles. The fourth-order valence-electron chi connectivity index (χ4n) is 4.92. The van der Waals surface area contributed by atoms with Crippen molar-refractivity contribution in [1.29, 1.82) is 0 Å². The van der Waals surface area contributed by atoms with Gasteiger partial charge in [-0.2, -0.15) is 0 Å². The zero-order chi connectivity index (χ0) is 33.6. The third-order valence-electron chi connectivity index (χ3n) is 7.27. The van der Waals surface area contributed by atoms with Crippen LogP contribution in [-0.2, 0) is 28.6 Å². The first-order valence-corrected chi connectivity index (χ1v) is 18.7. The molecule has 0 amide bonds. The molecule has 0 saturated heterocycles. The number of carbonyl (C=O) groups excluding carboxylic acids is 3. The van der Waals surface area contributed by atoms with Gasteiger partial charge in [0.25, 0.3) is 0 Å². The maximum absolute atomic E-state index is 12.8. The number of unbranched alkanes of at least 4 members (excludes halogenated alkanes) is 8. The first kappa shape index (κ1) is 43.2. The van der Waals surface area contributed by atoms with Crippen molar-refractivity contribution in [2.75, 3.05) is 39.6 Å². The topological polar surface area (TPSA) is 82.1 Å². The van der Waals surface area contributed by atoms with Crippen molar-refractivity contribution in [3.8, 4) is 0 Å². The number of rotatable bonds is 30. The molecule has 0 N–H and O–H groups in total. The molecular weight excluding hydrogens is 586 g/mol. The summed E-state index contributed by atoms with van der Waals surface area (Å²) in [7, 11) is 4.08. The molecule has 0 fully saturated rings. The highest BCUT2D eigenvalue weighted by Crippen LogP contribution is 2.26. The highest BCUT2D eigenvalue weighted by atomic mass is 32.2. The second-order valence-electron chi connectivity index (χ2n) is 12.8. The summed E-state index contributed by atoms with van der Waals surface area (Å²) in [5, 5.41) is 0. The van der Waals surface area contributed by atoms with Crippen molar-refractivity contribution < 1.29 is 28.6 Å². The average molecular weight is 654 g/mol. The Hall–Kier alpha value is -1.80. The Morgan fingerprint density at radius 2 is 1.13 bits per heavy atom. The van der Waals surface area contributed by atoms with E-state index < -0.39 is 0 Å². The highest BCUT2D eigenvalue weighted by Gasteiger charge is 2.23. The Morgan fingerprint density at radius 3 is 1.58 bits per heavy atom. The third kappa shape index (κ3) is 30.6. The number of esters is 3. The van der Waals surface area contributed by atoms with Crippen LogP contribution in [0.4, 0.5) is 0 Å². The minimum absolute atomic E-state index is 0.0437. The van der Waals surface area contributed by atoms with Crippen LogP contribution in [0, 0.1) is 0 Å². The maximum Gasteiger partial charge on any atom is 0.316 e. The molecule has 262 valence electrons. The molecule has 8 heteroatoms. The summed E-state index contributed by atoms with van der Waals surface area (Å²) in [5.41, 5.74) is 0. The molecular formula is C37H67NO6S. The standard InChI is InChI=1S/C37H67NO6S/c1-7-9-11-13-15-23-29-42-34(39)27-21-17-19-25-33(44-36(41)31-45-37(3,4)32-38(5)6)26-20-18-22-28-35(40)43-30-24-16-14-12-10-8-2/h13-16,33H,7-12,17-32H2,1-6H3/b15-13-,16-14-. The number of thioether (sulfide) groups is 1. The van der Waals surface area contributed by atoms with E-state index in [1.165, 1.54) is 25.7 Å². The second-order valence-corrected chi connectivity index (χ2v) is 14.5. The number of ether oxygens (including phenoxy) is 3. The Kier molecular flexibility index (Phi) is 28.4. The van der Waals surface area contributed by atoms with Crippen molar-refractivity contribution in [3.63, 3.8) is 0 Å². The van der Waals surface area contributed by atoms with Crippen LogP contribution >= 0.6 is 11.8 Å². The van der Waals surface area contributed by atoms with Crippen LogP contribution in [-0.4, -0.2) is 73.3 Å². The summed E-state index contributed by atoms with van der Waals surface area (Å²) in [5.74, 6) is -0.119. The highest BCUT2D eigenvalue weighted by molar-refractivity contribution is 8.01. The Bertz CT molecular complexity index is 765. The van der Waals surface area contributed by atoms with Gasteiger partial charge < -0.3 is 19.1 Å². The summed E-state index contributed by atoms with van der Waals surface area (Å²) < 4.78 is 16.6. The molecule has 7 nitrogen and oxygen atoms in total. The monoisotopic (exact) mass is 653 g/mol. The zero-order valence-electron chi connectivity index (χ0n) is 29.7. The summed E-state index contributed by atoms with van der Waals surface area (Å²) in [4.78, 5) is 39.0. The molecule has 0 aliphatic rings. The first-order chi connectivity index (χ1) is 21.6. The van der Waals surface area contributed by atoms with E-state index in [0.717, 1.165) is 83.6 Å². The van der Waals surface area contributed by atoms with Crippen molar-refractivity contribution in [2.45, 2.75) is 154 Å². The number of hydrogen-bond donors (Lipinski definition) is 0. The van der Waals surface area contributed by atoms with Crippen LogP contribution in [0.15, 0.2) is 24.3 Å². The molecule has 0 radical (unpaired) electrons. The van der Waals surface area contributed by atoms with E-state index in [4.69, 9.17) is 14.2 Å². The normalized spacial score (nSPS) is 12.1. The summed E-state index contributed by atoms with van der Waals surface area (Å²) in [6.07, 6.45) is 24.4. The molecule has 0 aliphatic heterocycles. The van der Waals surface area contributed by atoms with E-state index in [0.29, 0.717) is 31.8 Å². The second kappa shape index (κ2) is 29.6. The molecule has 0 saturated carbocycles. The predicted octanol–water partition coefficient (Wildman–Crippen LogP) is 9.23. The Balaban J connectivity index is 4.45. The van der Waals surface area contributed by atoms with Gasteiger partial charge >= 0.3 is 17.9 Å². The molecule has 0 unspecified atom stereocenters. The van der Waals surface area contributed by atoms with Gasteiger partial charge in [-0.1, -0.05) is 76.7 Å². The lowest BCUT2D eigenvalue weighted by atomic mass is 10.0. The van der Waals surface area contributed by atoms with Gasteiger partial charge in [-0.3, -0.25) is 14.4 Å². The van der Waals surface area contributed by atoms with Crippen molar-refractivity contribution in [3.05, 3.63) is 24.3 Å². The molecule has 0 rings (SSSR count). The minimum Gasteiger partial charge on any atom is -0.465 e. The number of allylic oxidation sites excluding steroid dienone is 2. The van der Waals surface area contributed by atoms with Crippen LogP contribution in [0.25, 0.3) is 0 Å². The average Bonchev–Trinajstić information content (AvgIpc) is 2.98. The largest absolute Gasteiger partial charge is 0.465 e. The molecule has 0 heterocycles. The van der Waals surface area contributed by atoms with Crippen molar-refractivity contribution in [2.24, 2.45) is 0 Å². The van der Waals surface area contributed by atoms with E-state index in [-0.39, 0.29) is 28.8 Å². The van der Waals surface area contributed by atoms with E-state index in [2.05, 4.69) is 56.9 Å². The molecule has 0 aromatic carbocycles. The van der Waals surface area contributed by atoms with Gasteiger partial charge in [0.2, 0.25) is 0 Å². The quantitative estimate of drug-likeness (QED) is 0.0328. The van der Waals surface area contributed by atoms with E-state index in [9.17, 15) is 14.4 Å². The fourth-order valence-corrected chi connectivity index (χ4v) is 5.85. The summed E-state index contributed by atoms with van der Waals surface area (Å²) >= 11 is 1.63. The van der Waals surface area contributed by atoms with Gasteiger partial charge in [0.15, 0.2) is 0 Å². The first-order valence-electron chi connectivity index (χ1n) is 17.7. The molecule has 0 aromatic heterocycles. The van der Waals surface area contributed by atoms with Gasteiger partial charge in [-0.25, -0.2) is 0 Å². The Labute approximate surface area is 280 Å². The molecule has 0 spiro atoms. The van der Waals surface area contributed by atoms with Gasteiger partial charge in [-0.15, -0.1) is 11.8 Å². The summed E-state index contributed by atoms with van der Waals surface area (Å²) in [6, 6.07) is 0. The minimum atomic E-state index is -0.170. The van der Waals surface area contributed by atoms with Crippen LogP contribution < -0.4 is 0 Å². The molecule has 0 atom stereocenters. The SMILES string of the molecule is CCCC/C=C\CCOC(=O)CCCCCC(CCCCCC(=O)OCC/C=C\CCCC)OC(=O)CSC(C)(C)CN(C)C.